The van der Waals surface area contributed by atoms with Gasteiger partial charge >= 0.3 is 279 Å². The summed E-state index contributed by atoms with van der Waals surface area (Å²) in [6.07, 6.45) is 13.2. The molecule has 240 valence electrons. The molecule has 2 heterocycles. The van der Waals surface area contributed by atoms with E-state index < -0.39 is 8.32 Å². The van der Waals surface area contributed by atoms with Gasteiger partial charge in [0.05, 0.1) is 0 Å². The minimum atomic E-state index is -2.70. The second-order valence-corrected chi connectivity index (χ2v) is 19.0. The van der Waals surface area contributed by atoms with Crippen LogP contribution in [0.15, 0.2) is 109 Å². The Kier molecular flexibility index (Phi) is 13.4. The topological polar surface area (TPSA) is 57.7 Å². The number of rotatable bonds is 15. The van der Waals surface area contributed by atoms with Gasteiger partial charge in [0.1, 0.15) is 0 Å². The molecule has 2 aromatic carbocycles. The molecular formula is C38H49NO4SeSi. The van der Waals surface area contributed by atoms with Gasteiger partial charge in [-0.1, -0.05) is 0 Å². The van der Waals surface area contributed by atoms with Crippen LogP contribution in [0.1, 0.15) is 60.3 Å². The predicted molar refractivity (Wildman–Crippen MR) is 188 cm³/mol. The van der Waals surface area contributed by atoms with Crippen molar-refractivity contribution in [2.45, 2.75) is 89.0 Å². The molecule has 0 bridgehead atoms. The fourth-order valence-electron chi connectivity index (χ4n) is 6.25. The van der Waals surface area contributed by atoms with E-state index in [1.807, 2.05) is 25.3 Å². The first-order valence-corrected chi connectivity index (χ1v) is 20.2. The van der Waals surface area contributed by atoms with E-state index in [0.717, 1.165) is 35.6 Å². The molecule has 0 unspecified atom stereocenters. The minimum absolute atomic E-state index is 0.0344. The van der Waals surface area contributed by atoms with Gasteiger partial charge in [0.25, 0.3) is 0 Å². The maximum atomic E-state index is 12.0. The molecule has 0 spiro atoms. The van der Waals surface area contributed by atoms with Crippen LogP contribution < -0.4 is 15.0 Å². The van der Waals surface area contributed by atoms with Gasteiger partial charge in [-0.2, -0.15) is 0 Å². The predicted octanol–water partition coefficient (Wildman–Crippen LogP) is 6.41. The van der Waals surface area contributed by atoms with Gasteiger partial charge in [0.2, 0.25) is 0 Å². The van der Waals surface area contributed by atoms with Crippen molar-refractivity contribution in [3.8, 4) is 0 Å². The molecule has 1 saturated heterocycles. The molecule has 4 atom stereocenters. The van der Waals surface area contributed by atoms with E-state index in [9.17, 15) is 4.79 Å². The normalized spacial score (nSPS) is 19.7. The van der Waals surface area contributed by atoms with Crippen LogP contribution >= 0.6 is 0 Å². The van der Waals surface area contributed by atoms with Gasteiger partial charge in [-0.3, -0.25) is 0 Å². The van der Waals surface area contributed by atoms with E-state index in [4.69, 9.17) is 13.9 Å². The Hall–Kier alpha value is -2.80. The average molecular weight is 691 g/mol. The van der Waals surface area contributed by atoms with Crippen molar-refractivity contribution in [3.63, 3.8) is 0 Å². The molecule has 5 nitrogen and oxygen atoms in total. The zero-order valence-electron chi connectivity index (χ0n) is 27.4. The number of allylic oxidation sites excluding steroid dienone is 1. The van der Waals surface area contributed by atoms with E-state index in [1.54, 1.807) is 0 Å². The number of carbonyl (C=O) groups excluding carboxylic acids is 1. The third kappa shape index (κ3) is 9.60. The Morgan fingerprint density at radius 2 is 1.71 bits per heavy atom. The summed E-state index contributed by atoms with van der Waals surface area (Å²) in [5.74, 6) is 0.0722. The Labute approximate surface area is 277 Å². The third-order valence-electron chi connectivity index (χ3n) is 8.40. The number of aromatic nitrogens is 1. The quantitative estimate of drug-likeness (QED) is 0.0799. The van der Waals surface area contributed by atoms with Gasteiger partial charge in [-0.25, -0.2) is 0 Å². The van der Waals surface area contributed by atoms with Gasteiger partial charge < -0.3 is 0 Å². The van der Waals surface area contributed by atoms with Crippen molar-refractivity contribution in [3.05, 3.63) is 109 Å². The van der Waals surface area contributed by atoms with Crippen molar-refractivity contribution in [1.82, 2.24) is 4.98 Å². The summed E-state index contributed by atoms with van der Waals surface area (Å²) in [4.78, 5) is 16.6. The van der Waals surface area contributed by atoms with Crippen LogP contribution in [0, 0.1) is 5.92 Å². The van der Waals surface area contributed by atoms with Crippen molar-refractivity contribution >= 4 is 44.2 Å². The average Bonchev–Trinajstić information content (AvgIpc) is 3.45. The Balaban J connectivity index is 1.59. The molecule has 7 heteroatoms. The van der Waals surface area contributed by atoms with Crippen LogP contribution in [0.3, 0.4) is 0 Å². The Morgan fingerprint density at radius 3 is 2.29 bits per heavy atom. The molecule has 0 amide bonds. The zero-order valence-corrected chi connectivity index (χ0v) is 30.1. The van der Waals surface area contributed by atoms with E-state index in [2.05, 4.69) is 118 Å². The molecule has 45 heavy (non-hydrogen) atoms. The summed E-state index contributed by atoms with van der Waals surface area (Å²) in [7, 11) is -2.70. The first-order chi connectivity index (χ1) is 21.8. The van der Waals surface area contributed by atoms with Crippen molar-refractivity contribution in [2.75, 3.05) is 6.61 Å². The standard InChI is InChI=1S/C38H49NO4SeSi/c1-6-8-17-31(43-45(38(3,4)5,33-18-11-9-12-19-33)34-20-13-10-14-21-34)23-25-35-30(29-44-36-22-15-16-27-39-36)28-32(42-35)24-26-37(40)41-7-2/h6,8-16,18-22,24,26-27,30-32,35H,7,17,23,25,28-29H2,1-5H3/b8-6+,26-24+/t30-,31+,32-,35+/m0/s1. The summed E-state index contributed by atoms with van der Waals surface area (Å²) < 4.78 is 20.5. The monoisotopic (exact) mass is 691 g/mol. The second kappa shape index (κ2) is 17.2. The fraction of sp³-hybridized carbons (Fsp3) is 0.421. The number of pyridine rings is 1. The zero-order chi connectivity index (χ0) is 32.1. The van der Waals surface area contributed by atoms with Crippen LogP contribution in [0.4, 0.5) is 0 Å². The molecule has 1 aliphatic heterocycles. The number of carbonyl (C=O) groups is 1. The molecule has 1 aromatic heterocycles. The number of esters is 1. The third-order valence-corrected chi connectivity index (χ3v) is 15.9. The Morgan fingerprint density at radius 1 is 1.04 bits per heavy atom. The van der Waals surface area contributed by atoms with E-state index in [1.165, 1.54) is 16.4 Å². The van der Waals surface area contributed by atoms with Gasteiger partial charge in [-0.15, -0.1) is 0 Å². The molecule has 0 radical (unpaired) electrons. The number of hydrogen-bond donors (Lipinski definition) is 0. The van der Waals surface area contributed by atoms with Crippen LogP contribution in [-0.4, -0.2) is 59.1 Å². The van der Waals surface area contributed by atoms with Crippen molar-refractivity contribution in [1.29, 1.82) is 0 Å². The van der Waals surface area contributed by atoms with Gasteiger partial charge in [0.15, 0.2) is 0 Å². The second-order valence-electron chi connectivity index (χ2n) is 12.6. The van der Waals surface area contributed by atoms with Crippen molar-refractivity contribution < 1.29 is 18.7 Å². The molecule has 1 fully saturated rings. The van der Waals surface area contributed by atoms with Gasteiger partial charge in [-0.05, 0) is 0 Å². The van der Waals surface area contributed by atoms with Gasteiger partial charge in [0, 0.05) is 0 Å². The molecular weight excluding hydrogens is 641 g/mol. The molecule has 0 N–H and O–H groups in total. The maximum absolute atomic E-state index is 12.0. The summed E-state index contributed by atoms with van der Waals surface area (Å²) in [5, 5.41) is 3.55. The van der Waals surface area contributed by atoms with E-state index in [-0.39, 0.29) is 44.3 Å². The molecule has 3 aromatic rings. The first kappa shape index (κ1) is 35.1. The van der Waals surface area contributed by atoms with Crippen molar-refractivity contribution in [2.24, 2.45) is 5.92 Å². The number of benzene rings is 2. The molecule has 4 rings (SSSR count). The molecule has 0 saturated carbocycles. The SMILES string of the molecule is C/C=C/C[C@H](CC[C@H]1O[C@@H](/C=C/C(=O)OCC)C[C@H]1C[Se]c1ccccn1)O[Si](c1ccccc1)(c1ccccc1)C(C)(C)C. The Bertz CT molecular complexity index is 1320. The summed E-state index contributed by atoms with van der Waals surface area (Å²) in [6, 6.07) is 27.9. The van der Waals surface area contributed by atoms with Crippen LogP contribution in [0.5, 0.6) is 0 Å². The number of ether oxygens (including phenoxy) is 2. The summed E-state index contributed by atoms with van der Waals surface area (Å²) >= 11 is 0.253. The van der Waals surface area contributed by atoms with E-state index >= 15 is 0 Å². The number of hydrogen-bond acceptors (Lipinski definition) is 5. The summed E-state index contributed by atoms with van der Waals surface area (Å²) in [5.41, 5.74) is 0. The number of nitrogens with zero attached hydrogens (tertiary/aromatic N) is 1. The fourth-order valence-corrected chi connectivity index (χ4v) is 13.2. The van der Waals surface area contributed by atoms with Crippen LogP contribution in [-0.2, 0) is 18.7 Å². The van der Waals surface area contributed by atoms with Crippen LogP contribution in [0.2, 0.25) is 10.4 Å². The van der Waals surface area contributed by atoms with E-state index in [0.29, 0.717) is 12.5 Å². The molecule has 0 aliphatic carbocycles. The van der Waals surface area contributed by atoms with Crippen LogP contribution in [0.25, 0.3) is 0 Å². The first-order valence-electron chi connectivity index (χ1n) is 16.2. The molecule has 1 aliphatic rings. The summed E-state index contributed by atoms with van der Waals surface area (Å²) in [6.45, 7) is 11.3.